The summed E-state index contributed by atoms with van der Waals surface area (Å²) in [4.78, 5) is 28.0. The van der Waals surface area contributed by atoms with E-state index in [0.717, 1.165) is 0 Å². The Balaban J connectivity index is 1.91. The number of hydrogen-bond donors (Lipinski definition) is 1. The molecule has 1 unspecified atom stereocenters. The highest BCUT2D eigenvalue weighted by Crippen LogP contribution is 2.35. The highest BCUT2D eigenvalue weighted by molar-refractivity contribution is 5.95. The summed E-state index contributed by atoms with van der Waals surface area (Å²) in [5.74, 6) is -2.33. The van der Waals surface area contributed by atoms with E-state index in [-0.39, 0.29) is 30.6 Å². The summed E-state index contributed by atoms with van der Waals surface area (Å²) in [6.45, 7) is 5.49. The van der Waals surface area contributed by atoms with Crippen molar-refractivity contribution in [2.24, 2.45) is 11.0 Å². The predicted octanol–water partition coefficient (Wildman–Crippen LogP) is 6.03. The molecule has 2 aromatic carbocycles. The molecule has 0 bridgehead atoms. The Bertz CT molecular complexity index is 1350. The first-order chi connectivity index (χ1) is 20.6. The van der Waals surface area contributed by atoms with E-state index in [4.69, 9.17) is 34.0 Å². The molecule has 1 saturated heterocycles. The smallest absolute Gasteiger partial charge is 0.340 e. The van der Waals surface area contributed by atoms with Crippen molar-refractivity contribution in [1.29, 1.82) is 0 Å². The number of azide groups is 1. The zero-order chi connectivity index (χ0) is 31.4. The van der Waals surface area contributed by atoms with Gasteiger partial charge in [0.25, 0.3) is 0 Å². The third kappa shape index (κ3) is 9.59. The first kappa shape index (κ1) is 33.2. The lowest BCUT2D eigenvalue weighted by Crippen LogP contribution is -2.37. The molecule has 0 amide bonds. The van der Waals surface area contributed by atoms with Gasteiger partial charge in [-0.3, -0.25) is 0 Å². The van der Waals surface area contributed by atoms with Crippen molar-refractivity contribution in [2.75, 3.05) is 27.6 Å². The highest BCUT2D eigenvalue weighted by atomic mass is 16.8. The van der Waals surface area contributed by atoms with E-state index in [1.54, 1.807) is 74.5 Å². The molecule has 230 valence electrons. The second kappa shape index (κ2) is 15.8. The quantitative estimate of drug-likeness (QED) is 0.0648. The van der Waals surface area contributed by atoms with Crippen molar-refractivity contribution < 1.29 is 43.1 Å². The van der Waals surface area contributed by atoms with Crippen molar-refractivity contribution >= 4 is 18.0 Å². The molecule has 12 heteroatoms. The third-order valence-corrected chi connectivity index (χ3v) is 6.41. The zero-order valence-electron chi connectivity index (χ0n) is 24.8. The molecule has 12 nitrogen and oxygen atoms in total. The average Bonchev–Trinajstić information content (AvgIpc) is 3.30. The van der Waals surface area contributed by atoms with Gasteiger partial charge in [0.2, 0.25) is 0 Å². The number of methoxy groups -OCH3 is 2. The summed E-state index contributed by atoms with van der Waals surface area (Å²) < 4.78 is 34.1. The van der Waals surface area contributed by atoms with Crippen LogP contribution in [0.1, 0.15) is 53.5 Å². The Kier molecular flexibility index (Phi) is 12.2. The van der Waals surface area contributed by atoms with Crippen LogP contribution in [0.15, 0.2) is 65.8 Å². The molecule has 2 aromatic rings. The number of rotatable bonds is 15. The lowest BCUT2D eigenvalue weighted by Gasteiger charge is -2.24. The lowest BCUT2D eigenvalue weighted by atomic mass is 10.0. The Morgan fingerprint density at radius 1 is 1.16 bits per heavy atom. The summed E-state index contributed by atoms with van der Waals surface area (Å²) in [6.07, 6.45) is 5.08. The summed E-state index contributed by atoms with van der Waals surface area (Å²) in [7, 11) is 2.90. The average molecular weight is 596 g/mol. The van der Waals surface area contributed by atoms with Crippen molar-refractivity contribution in [1.82, 2.24) is 0 Å². The van der Waals surface area contributed by atoms with E-state index < -0.39 is 36.0 Å². The van der Waals surface area contributed by atoms with Crippen LogP contribution in [0, 0.1) is 5.92 Å². The van der Waals surface area contributed by atoms with Gasteiger partial charge in [-0.25, -0.2) is 9.59 Å². The minimum atomic E-state index is -1.18. The maximum atomic E-state index is 13.0. The van der Waals surface area contributed by atoms with Gasteiger partial charge < -0.3 is 33.5 Å². The highest BCUT2D eigenvalue weighted by Gasteiger charge is 2.45. The third-order valence-electron chi connectivity index (χ3n) is 6.41. The van der Waals surface area contributed by atoms with Crippen LogP contribution in [0.3, 0.4) is 0 Å². The number of carboxylic acids is 1. The van der Waals surface area contributed by atoms with Crippen LogP contribution in [0.4, 0.5) is 0 Å². The van der Waals surface area contributed by atoms with Gasteiger partial charge in [0, 0.05) is 24.6 Å². The normalized spacial score (nSPS) is 19.1. The molecular formula is C31H37N3O9. The number of carbonyl (C=O) groups is 2. The first-order valence-electron chi connectivity index (χ1n) is 13.6. The van der Waals surface area contributed by atoms with Gasteiger partial charge in [0.15, 0.2) is 12.6 Å². The SMILES string of the molecule is COCOc1cc(OC)cc(/C=C/C[C@@H]2OC(C)(C)O[C@@H]2C(/C=C\[C@H](C)CN=[N+]=[N-])OC(=O)c2ccccc2)c1C(=O)O. The van der Waals surface area contributed by atoms with E-state index in [2.05, 4.69) is 10.0 Å². The van der Waals surface area contributed by atoms with Crippen LogP contribution in [-0.4, -0.2) is 68.7 Å². The molecule has 0 aromatic heterocycles. The Morgan fingerprint density at radius 2 is 1.91 bits per heavy atom. The second-order valence-corrected chi connectivity index (χ2v) is 10.2. The minimum absolute atomic E-state index is 0.0545. The molecule has 0 spiro atoms. The van der Waals surface area contributed by atoms with E-state index in [1.165, 1.54) is 20.3 Å². The molecule has 3 rings (SSSR count). The number of carboxylic acid groups (broad SMARTS) is 1. The Hall–Kier alpha value is -4.35. The Labute approximate surface area is 250 Å². The fraction of sp³-hybridized carbons (Fsp3) is 0.419. The van der Waals surface area contributed by atoms with E-state index in [0.29, 0.717) is 23.3 Å². The fourth-order valence-corrected chi connectivity index (χ4v) is 4.49. The van der Waals surface area contributed by atoms with Gasteiger partial charge in [0.05, 0.1) is 18.8 Å². The van der Waals surface area contributed by atoms with Gasteiger partial charge in [-0.1, -0.05) is 48.5 Å². The predicted molar refractivity (Wildman–Crippen MR) is 158 cm³/mol. The summed E-state index contributed by atoms with van der Waals surface area (Å²) in [5.41, 5.74) is 9.34. The fourth-order valence-electron chi connectivity index (χ4n) is 4.49. The van der Waals surface area contributed by atoms with E-state index >= 15 is 0 Å². The minimum Gasteiger partial charge on any atom is -0.497 e. The number of nitrogens with zero attached hydrogens (tertiary/aromatic N) is 3. The molecule has 43 heavy (non-hydrogen) atoms. The van der Waals surface area contributed by atoms with Gasteiger partial charge in [0.1, 0.15) is 29.3 Å². The van der Waals surface area contributed by atoms with Crippen molar-refractivity contribution in [2.45, 2.75) is 51.3 Å². The molecule has 1 aliphatic heterocycles. The van der Waals surface area contributed by atoms with E-state index in [1.807, 2.05) is 6.92 Å². The maximum Gasteiger partial charge on any atom is 0.340 e. The largest absolute Gasteiger partial charge is 0.497 e. The van der Waals surface area contributed by atoms with Crippen LogP contribution in [0.25, 0.3) is 16.5 Å². The van der Waals surface area contributed by atoms with Crippen LogP contribution in [0.2, 0.25) is 0 Å². The van der Waals surface area contributed by atoms with Gasteiger partial charge >= 0.3 is 11.9 Å². The zero-order valence-corrected chi connectivity index (χ0v) is 24.8. The van der Waals surface area contributed by atoms with Crippen LogP contribution in [0.5, 0.6) is 11.5 Å². The molecule has 0 aliphatic carbocycles. The number of ether oxygens (including phenoxy) is 6. The monoisotopic (exact) mass is 595 g/mol. The number of aromatic carboxylic acids is 1. The number of esters is 1. The van der Waals surface area contributed by atoms with Gasteiger partial charge in [-0.2, -0.15) is 0 Å². The molecule has 1 aliphatic rings. The number of carbonyl (C=O) groups excluding carboxylic acids is 1. The number of hydrogen-bond acceptors (Lipinski definition) is 9. The molecule has 1 fully saturated rings. The van der Waals surface area contributed by atoms with Crippen molar-refractivity contribution in [3.63, 3.8) is 0 Å². The summed E-state index contributed by atoms with van der Waals surface area (Å²) in [5, 5.41) is 13.5. The van der Waals surface area contributed by atoms with Crippen LogP contribution in [-0.2, 0) is 18.9 Å². The molecule has 0 saturated carbocycles. The summed E-state index contributed by atoms with van der Waals surface area (Å²) >= 11 is 0. The standard InChI is InChI=1S/C31H37N3O9/c1-20(18-33-34-32)14-15-24(41-30(37)21-10-7-6-8-11-21)28-25(42-31(2,3)43-28)13-9-12-22-16-23(39-5)17-26(40-19-38-4)27(22)29(35)36/h6-12,14-17,20,24-25,28H,13,18-19H2,1-5H3,(H,35,36)/b12-9+,15-14-/t20-,24?,25-,28+/m0/s1. The van der Waals surface area contributed by atoms with Crippen molar-refractivity contribution in [3.8, 4) is 11.5 Å². The first-order valence-corrected chi connectivity index (χ1v) is 13.6. The van der Waals surface area contributed by atoms with Gasteiger partial charge in [-0.05, 0) is 61.6 Å². The van der Waals surface area contributed by atoms with Crippen LogP contribution >= 0.6 is 0 Å². The number of benzene rings is 2. The van der Waals surface area contributed by atoms with Crippen molar-refractivity contribution in [3.05, 3.63) is 87.8 Å². The topological polar surface area (TPSA) is 159 Å². The molecule has 4 atom stereocenters. The van der Waals surface area contributed by atoms with Gasteiger partial charge in [-0.15, -0.1) is 0 Å². The second-order valence-electron chi connectivity index (χ2n) is 10.2. The molecule has 1 N–H and O–H groups in total. The van der Waals surface area contributed by atoms with E-state index in [9.17, 15) is 14.7 Å². The lowest BCUT2D eigenvalue weighted by molar-refractivity contribution is -0.152. The molecular weight excluding hydrogens is 558 g/mol. The molecule has 1 heterocycles. The summed E-state index contributed by atoms with van der Waals surface area (Å²) in [6, 6.07) is 11.7. The van der Waals surface area contributed by atoms with Crippen LogP contribution < -0.4 is 9.47 Å². The maximum absolute atomic E-state index is 13.0. The Morgan fingerprint density at radius 3 is 2.56 bits per heavy atom. The molecule has 0 radical (unpaired) electrons.